The number of hydrogen-bond donors (Lipinski definition) is 2. The lowest BCUT2D eigenvalue weighted by molar-refractivity contribution is 0.322. The van der Waals surface area contributed by atoms with Crippen molar-refractivity contribution in [1.82, 2.24) is 20.4 Å². The molecule has 22 heavy (non-hydrogen) atoms. The zero-order chi connectivity index (χ0) is 14.9. The number of para-hydroxylation sites is 1. The van der Waals surface area contributed by atoms with Crippen LogP contribution in [-0.2, 0) is 13.6 Å². The highest BCUT2D eigenvalue weighted by Crippen LogP contribution is 2.07. The maximum atomic E-state index is 5.61. The molecular formula is C15H22IN5O. The predicted molar refractivity (Wildman–Crippen MR) is 98.8 cm³/mol. The molecule has 2 aromatic rings. The summed E-state index contributed by atoms with van der Waals surface area (Å²) in [6, 6.07) is 11.7. The van der Waals surface area contributed by atoms with E-state index in [1.54, 1.807) is 13.2 Å². The number of nitrogens with zero attached hydrogens (tertiary/aromatic N) is 3. The molecule has 6 nitrogen and oxygen atoms in total. The highest BCUT2D eigenvalue weighted by Gasteiger charge is 2.01. The van der Waals surface area contributed by atoms with Gasteiger partial charge in [-0.2, -0.15) is 5.10 Å². The van der Waals surface area contributed by atoms with Crippen LogP contribution in [0.3, 0.4) is 0 Å². The van der Waals surface area contributed by atoms with Crippen molar-refractivity contribution in [3.05, 3.63) is 48.3 Å². The van der Waals surface area contributed by atoms with Crippen LogP contribution in [0.15, 0.2) is 47.6 Å². The molecule has 1 heterocycles. The number of hydrogen-bond acceptors (Lipinski definition) is 3. The molecule has 0 unspecified atom stereocenters. The Hall–Kier alpha value is -1.77. The van der Waals surface area contributed by atoms with Crippen LogP contribution in [0.5, 0.6) is 5.75 Å². The number of ether oxygens (including phenoxy) is 1. The Morgan fingerprint density at radius 3 is 2.64 bits per heavy atom. The van der Waals surface area contributed by atoms with Crippen molar-refractivity contribution in [3.8, 4) is 5.75 Å². The van der Waals surface area contributed by atoms with Gasteiger partial charge in [-0.25, -0.2) is 0 Å². The normalized spacial score (nSPS) is 10.7. The van der Waals surface area contributed by atoms with Crippen molar-refractivity contribution in [1.29, 1.82) is 0 Å². The zero-order valence-electron chi connectivity index (χ0n) is 12.8. The lowest BCUT2D eigenvalue weighted by Crippen LogP contribution is -2.39. The Bertz CT molecular complexity index is 570. The molecule has 0 aliphatic carbocycles. The summed E-state index contributed by atoms with van der Waals surface area (Å²) in [5, 5.41) is 10.6. The van der Waals surface area contributed by atoms with E-state index >= 15 is 0 Å². The molecule has 0 radical (unpaired) electrons. The second-order valence-corrected chi connectivity index (χ2v) is 4.46. The lowest BCUT2D eigenvalue weighted by Gasteiger charge is -2.12. The first kappa shape index (κ1) is 18.3. The maximum absolute atomic E-state index is 5.61. The third-order valence-electron chi connectivity index (χ3n) is 2.99. The van der Waals surface area contributed by atoms with Gasteiger partial charge in [-0.1, -0.05) is 18.2 Å². The second-order valence-electron chi connectivity index (χ2n) is 4.46. The van der Waals surface area contributed by atoms with Crippen LogP contribution in [0.4, 0.5) is 0 Å². The SMILES string of the molecule is CN=C(NCCOc1ccccc1)NCc1ccnn1C.I. The fourth-order valence-electron chi connectivity index (χ4n) is 1.82. The van der Waals surface area contributed by atoms with Gasteiger partial charge in [-0.15, -0.1) is 24.0 Å². The van der Waals surface area contributed by atoms with Crippen LogP contribution < -0.4 is 15.4 Å². The fraction of sp³-hybridized carbons (Fsp3) is 0.333. The van der Waals surface area contributed by atoms with Crippen molar-refractivity contribution in [2.45, 2.75) is 6.54 Å². The molecule has 0 saturated heterocycles. The molecule has 2 rings (SSSR count). The Morgan fingerprint density at radius 2 is 2.00 bits per heavy atom. The molecular weight excluding hydrogens is 393 g/mol. The van der Waals surface area contributed by atoms with Crippen LogP contribution in [-0.4, -0.2) is 35.9 Å². The summed E-state index contributed by atoms with van der Waals surface area (Å²) in [6.45, 7) is 1.94. The minimum atomic E-state index is 0. The monoisotopic (exact) mass is 415 g/mol. The van der Waals surface area contributed by atoms with Crippen molar-refractivity contribution in [3.63, 3.8) is 0 Å². The molecule has 1 aromatic heterocycles. The van der Waals surface area contributed by atoms with Crippen molar-refractivity contribution >= 4 is 29.9 Å². The average Bonchev–Trinajstić information content (AvgIpc) is 2.93. The van der Waals surface area contributed by atoms with Crippen LogP contribution in [0.25, 0.3) is 0 Å². The molecule has 120 valence electrons. The average molecular weight is 415 g/mol. The topological polar surface area (TPSA) is 63.5 Å². The Labute approximate surface area is 148 Å². The van der Waals surface area contributed by atoms with Crippen LogP contribution >= 0.6 is 24.0 Å². The van der Waals surface area contributed by atoms with Gasteiger partial charge in [0.2, 0.25) is 0 Å². The zero-order valence-corrected chi connectivity index (χ0v) is 15.2. The van der Waals surface area contributed by atoms with Crippen molar-refractivity contribution in [2.75, 3.05) is 20.2 Å². The highest BCUT2D eigenvalue weighted by molar-refractivity contribution is 14.0. The number of guanidine groups is 1. The van der Waals surface area contributed by atoms with Gasteiger partial charge in [0.05, 0.1) is 18.8 Å². The van der Waals surface area contributed by atoms with Crippen molar-refractivity contribution < 1.29 is 4.74 Å². The molecule has 0 aliphatic rings. The molecule has 0 spiro atoms. The van der Waals surface area contributed by atoms with Gasteiger partial charge >= 0.3 is 0 Å². The van der Waals surface area contributed by atoms with Crippen LogP contribution in [0, 0.1) is 0 Å². The molecule has 0 amide bonds. The van der Waals surface area contributed by atoms with Gasteiger partial charge in [0, 0.05) is 20.3 Å². The number of benzene rings is 1. The quantitative estimate of drug-likeness (QED) is 0.327. The number of aryl methyl sites for hydroxylation is 1. The van der Waals surface area contributed by atoms with Crippen LogP contribution in [0.2, 0.25) is 0 Å². The first-order valence-corrected chi connectivity index (χ1v) is 6.89. The smallest absolute Gasteiger partial charge is 0.191 e. The maximum Gasteiger partial charge on any atom is 0.191 e. The van der Waals surface area contributed by atoms with E-state index in [0.717, 1.165) is 17.4 Å². The summed E-state index contributed by atoms with van der Waals surface area (Å²) in [7, 11) is 3.66. The summed E-state index contributed by atoms with van der Waals surface area (Å²) >= 11 is 0. The van der Waals surface area contributed by atoms with E-state index in [2.05, 4.69) is 20.7 Å². The van der Waals surface area contributed by atoms with E-state index in [1.165, 1.54) is 0 Å². The second kappa shape index (κ2) is 10.0. The molecule has 0 aliphatic heterocycles. The van der Waals surface area contributed by atoms with E-state index in [4.69, 9.17) is 4.74 Å². The minimum Gasteiger partial charge on any atom is -0.492 e. The predicted octanol–water partition coefficient (Wildman–Crippen LogP) is 1.78. The number of aliphatic imine (C=N–C) groups is 1. The number of halogens is 1. The molecule has 0 atom stereocenters. The van der Waals surface area contributed by atoms with E-state index in [-0.39, 0.29) is 24.0 Å². The van der Waals surface area contributed by atoms with E-state index in [1.807, 2.05) is 48.1 Å². The molecule has 7 heteroatoms. The Morgan fingerprint density at radius 1 is 1.23 bits per heavy atom. The number of aromatic nitrogens is 2. The molecule has 0 saturated carbocycles. The molecule has 0 fully saturated rings. The summed E-state index contributed by atoms with van der Waals surface area (Å²) in [4.78, 5) is 4.17. The first-order chi connectivity index (χ1) is 10.3. The van der Waals surface area contributed by atoms with E-state index < -0.39 is 0 Å². The van der Waals surface area contributed by atoms with Crippen molar-refractivity contribution in [2.24, 2.45) is 12.0 Å². The fourth-order valence-corrected chi connectivity index (χ4v) is 1.82. The number of rotatable bonds is 6. The first-order valence-electron chi connectivity index (χ1n) is 6.89. The summed E-state index contributed by atoms with van der Waals surface area (Å²) in [5.74, 6) is 1.62. The third-order valence-corrected chi connectivity index (χ3v) is 2.99. The van der Waals surface area contributed by atoms with E-state index in [9.17, 15) is 0 Å². The number of nitrogens with one attached hydrogen (secondary N) is 2. The molecule has 2 N–H and O–H groups in total. The van der Waals surface area contributed by atoms with Gasteiger partial charge < -0.3 is 15.4 Å². The van der Waals surface area contributed by atoms with Gasteiger partial charge in [-0.05, 0) is 18.2 Å². The van der Waals surface area contributed by atoms with E-state index in [0.29, 0.717) is 19.7 Å². The minimum absolute atomic E-state index is 0. The largest absolute Gasteiger partial charge is 0.492 e. The van der Waals surface area contributed by atoms with Gasteiger partial charge in [0.15, 0.2) is 5.96 Å². The molecule has 0 bridgehead atoms. The lowest BCUT2D eigenvalue weighted by atomic mass is 10.3. The third kappa shape index (κ3) is 5.92. The highest BCUT2D eigenvalue weighted by atomic mass is 127. The van der Waals surface area contributed by atoms with Crippen LogP contribution in [0.1, 0.15) is 5.69 Å². The summed E-state index contributed by atoms with van der Waals surface area (Å²) in [5.41, 5.74) is 1.10. The van der Waals surface area contributed by atoms with Gasteiger partial charge in [-0.3, -0.25) is 9.67 Å². The molecule has 1 aromatic carbocycles. The summed E-state index contributed by atoms with van der Waals surface area (Å²) in [6.07, 6.45) is 1.78. The summed E-state index contributed by atoms with van der Waals surface area (Å²) < 4.78 is 7.44. The standard InChI is InChI=1S/C15H21N5O.HI/c1-16-15(18-12-13-8-9-19-20(13)2)17-10-11-21-14-6-4-3-5-7-14;/h3-9H,10-12H2,1-2H3,(H2,16,17,18);1H. The van der Waals surface area contributed by atoms with Gasteiger partial charge in [0.25, 0.3) is 0 Å². The Kier molecular flexibility index (Phi) is 8.34. The van der Waals surface area contributed by atoms with Gasteiger partial charge in [0.1, 0.15) is 12.4 Å². The Balaban J connectivity index is 0.00000242.